The number of nitrogens with zero attached hydrogens (tertiary/aromatic N) is 1. The third-order valence-corrected chi connectivity index (χ3v) is 3.74. The van der Waals surface area contributed by atoms with Crippen molar-refractivity contribution in [2.24, 2.45) is 0 Å². The molecule has 0 aliphatic heterocycles. The molecular weight excluding hydrogens is 242 g/mol. The van der Waals surface area contributed by atoms with E-state index in [0.29, 0.717) is 0 Å². The van der Waals surface area contributed by atoms with Gasteiger partial charge in [-0.15, -0.1) is 11.3 Å². The molecular formula is C14H15N3S. The summed E-state index contributed by atoms with van der Waals surface area (Å²) >= 11 is 1.70. The van der Waals surface area contributed by atoms with Gasteiger partial charge in [0.25, 0.3) is 0 Å². The monoisotopic (exact) mass is 257 g/mol. The molecule has 0 saturated carbocycles. The summed E-state index contributed by atoms with van der Waals surface area (Å²) in [6, 6.07) is 8.59. The SMILES string of the molecule is Cc1nc(CNCc2ccc3cc[nH]c3c2)cs1. The molecule has 0 fully saturated rings. The van der Waals surface area contributed by atoms with Gasteiger partial charge in [-0.2, -0.15) is 0 Å². The molecule has 2 heterocycles. The number of benzene rings is 1. The summed E-state index contributed by atoms with van der Waals surface area (Å²) in [4.78, 5) is 7.67. The number of H-pyrrole nitrogens is 1. The van der Waals surface area contributed by atoms with Gasteiger partial charge < -0.3 is 10.3 Å². The van der Waals surface area contributed by atoms with E-state index < -0.39 is 0 Å². The lowest BCUT2D eigenvalue weighted by Crippen LogP contribution is -2.12. The van der Waals surface area contributed by atoms with Crippen molar-refractivity contribution in [3.05, 3.63) is 52.1 Å². The van der Waals surface area contributed by atoms with Gasteiger partial charge in [0, 0.05) is 30.2 Å². The number of fused-ring (bicyclic) bond motifs is 1. The number of aromatic nitrogens is 2. The number of nitrogens with one attached hydrogen (secondary N) is 2. The normalized spacial score (nSPS) is 11.2. The fourth-order valence-electron chi connectivity index (χ4n) is 2.03. The van der Waals surface area contributed by atoms with Crippen molar-refractivity contribution in [2.75, 3.05) is 0 Å². The molecule has 0 unspecified atom stereocenters. The van der Waals surface area contributed by atoms with Crippen molar-refractivity contribution >= 4 is 22.2 Å². The second kappa shape index (κ2) is 4.92. The van der Waals surface area contributed by atoms with Gasteiger partial charge in [-0.3, -0.25) is 0 Å². The highest BCUT2D eigenvalue weighted by Crippen LogP contribution is 2.14. The molecule has 1 aromatic carbocycles. The maximum absolute atomic E-state index is 4.43. The first kappa shape index (κ1) is 11.4. The molecule has 18 heavy (non-hydrogen) atoms. The van der Waals surface area contributed by atoms with Crippen molar-refractivity contribution in [3.63, 3.8) is 0 Å². The van der Waals surface area contributed by atoms with Gasteiger partial charge in [0.15, 0.2) is 0 Å². The van der Waals surface area contributed by atoms with Crippen LogP contribution in [0.2, 0.25) is 0 Å². The number of hydrogen-bond acceptors (Lipinski definition) is 3. The summed E-state index contributed by atoms with van der Waals surface area (Å²) in [5, 5.41) is 7.91. The van der Waals surface area contributed by atoms with Gasteiger partial charge in [0.1, 0.15) is 0 Å². The molecule has 0 saturated heterocycles. The zero-order valence-electron chi connectivity index (χ0n) is 10.2. The van der Waals surface area contributed by atoms with Crippen LogP contribution in [0.15, 0.2) is 35.8 Å². The number of rotatable bonds is 4. The maximum atomic E-state index is 4.43. The lowest BCUT2D eigenvalue weighted by molar-refractivity contribution is 0.682. The van der Waals surface area contributed by atoms with Crippen LogP contribution in [0.3, 0.4) is 0 Å². The minimum Gasteiger partial charge on any atom is -0.361 e. The second-order valence-electron chi connectivity index (χ2n) is 4.36. The third kappa shape index (κ3) is 2.44. The molecule has 3 nitrogen and oxygen atoms in total. The predicted octanol–water partition coefficient (Wildman–Crippen LogP) is 3.22. The summed E-state index contributed by atoms with van der Waals surface area (Å²) in [7, 11) is 0. The summed E-state index contributed by atoms with van der Waals surface area (Å²) < 4.78 is 0. The van der Waals surface area contributed by atoms with E-state index in [1.165, 1.54) is 16.5 Å². The van der Waals surface area contributed by atoms with Crippen LogP contribution in [-0.2, 0) is 13.1 Å². The number of aryl methyl sites for hydroxylation is 1. The zero-order chi connectivity index (χ0) is 12.4. The Labute approximate surface area is 110 Å². The Morgan fingerprint density at radius 2 is 2.22 bits per heavy atom. The van der Waals surface area contributed by atoms with Crippen LogP contribution in [-0.4, -0.2) is 9.97 Å². The van der Waals surface area contributed by atoms with Crippen LogP contribution < -0.4 is 5.32 Å². The quantitative estimate of drug-likeness (QED) is 0.753. The highest BCUT2D eigenvalue weighted by atomic mass is 32.1. The van der Waals surface area contributed by atoms with Crippen LogP contribution in [0.25, 0.3) is 10.9 Å². The maximum Gasteiger partial charge on any atom is 0.0897 e. The van der Waals surface area contributed by atoms with Crippen molar-refractivity contribution in [2.45, 2.75) is 20.0 Å². The van der Waals surface area contributed by atoms with E-state index in [9.17, 15) is 0 Å². The number of thiazole rings is 1. The van der Waals surface area contributed by atoms with E-state index in [0.717, 1.165) is 23.8 Å². The summed E-state index contributed by atoms with van der Waals surface area (Å²) in [6.45, 7) is 3.73. The molecule has 4 heteroatoms. The summed E-state index contributed by atoms with van der Waals surface area (Å²) in [5.41, 5.74) is 3.61. The number of aromatic amines is 1. The highest BCUT2D eigenvalue weighted by Gasteiger charge is 1.99. The molecule has 0 spiro atoms. The van der Waals surface area contributed by atoms with Crippen LogP contribution in [0.4, 0.5) is 0 Å². The fourth-order valence-corrected chi connectivity index (χ4v) is 2.64. The van der Waals surface area contributed by atoms with E-state index in [4.69, 9.17) is 0 Å². The Hall–Kier alpha value is -1.65. The smallest absolute Gasteiger partial charge is 0.0897 e. The van der Waals surface area contributed by atoms with E-state index >= 15 is 0 Å². The van der Waals surface area contributed by atoms with E-state index in [1.54, 1.807) is 11.3 Å². The Morgan fingerprint density at radius 1 is 1.28 bits per heavy atom. The summed E-state index contributed by atoms with van der Waals surface area (Å²) in [5.74, 6) is 0. The first-order valence-electron chi connectivity index (χ1n) is 5.99. The Bertz CT molecular complexity index is 654. The predicted molar refractivity (Wildman–Crippen MR) is 75.7 cm³/mol. The van der Waals surface area contributed by atoms with Crippen molar-refractivity contribution in [1.82, 2.24) is 15.3 Å². The summed E-state index contributed by atoms with van der Waals surface area (Å²) in [6.07, 6.45) is 1.97. The lowest BCUT2D eigenvalue weighted by Gasteiger charge is -2.03. The van der Waals surface area contributed by atoms with Gasteiger partial charge in [-0.25, -0.2) is 4.98 Å². The number of hydrogen-bond donors (Lipinski definition) is 2. The van der Waals surface area contributed by atoms with Gasteiger partial charge in [0.05, 0.1) is 10.7 Å². The molecule has 3 aromatic rings. The van der Waals surface area contributed by atoms with Crippen LogP contribution in [0, 0.1) is 6.92 Å². The first-order chi connectivity index (χ1) is 8.81. The molecule has 0 atom stereocenters. The minimum atomic E-state index is 0.826. The molecule has 3 rings (SSSR count). The van der Waals surface area contributed by atoms with Gasteiger partial charge in [-0.05, 0) is 30.0 Å². The van der Waals surface area contributed by atoms with Crippen LogP contribution in [0.5, 0.6) is 0 Å². The second-order valence-corrected chi connectivity index (χ2v) is 5.42. The van der Waals surface area contributed by atoms with E-state index in [2.05, 4.69) is 44.9 Å². The molecule has 0 bridgehead atoms. The van der Waals surface area contributed by atoms with E-state index in [1.807, 2.05) is 13.1 Å². The van der Waals surface area contributed by atoms with Crippen molar-refractivity contribution in [3.8, 4) is 0 Å². The van der Waals surface area contributed by atoms with Gasteiger partial charge in [0.2, 0.25) is 0 Å². The lowest BCUT2D eigenvalue weighted by atomic mass is 10.1. The topological polar surface area (TPSA) is 40.7 Å². The van der Waals surface area contributed by atoms with Crippen molar-refractivity contribution in [1.29, 1.82) is 0 Å². The first-order valence-corrected chi connectivity index (χ1v) is 6.87. The molecule has 0 amide bonds. The fraction of sp³-hybridized carbons (Fsp3) is 0.214. The Kier molecular flexibility index (Phi) is 3.13. The van der Waals surface area contributed by atoms with Gasteiger partial charge in [-0.1, -0.05) is 12.1 Å². The average molecular weight is 257 g/mol. The molecule has 0 aliphatic rings. The minimum absolute atomic E-state index is 0.826. The van der Waals surface area contributed by atoms with Crippen LogP contribution >= 0.6 is 11.3 Å². The van der Waals surface area contributed by atoms with Crippen LogP contribution in [0.1, 0.15) is 16.3 Å². The Balaban J connectivity index is 1.62. The van der Waals surface area contributed by atoms with E-state index in [-0.39, 0.29) is 0 Å². The highest BCUT2D eigenvalue weighted by molar-refractivity contribution is 7.09. The molecule has 0 aliphatic carbocycles. The Morgan fingerprint density at radius 3 is 3.06 bits per heavy atom. The van der Waals surface area contributed by atoms with Crippen molar-refractivity contribution < 1.29 is 0 Å². The average Bonchev–Trinajstić information content (AvgIpc) is 2.97. The zero-order valence-corrected chi connectivity index (χ0v) is 11.1. The largest absolute Gasteiger partial charge is 0.361 e. The molecule has 2 N–H and O–H groups in total. The molecule has 92 valence electrons. The third-order valence-electron chi connectivity index (χ3n) is 2.92. The van der Waals surface area contributed by atoms with Gasteiger partial charge >= 0.3 is 0 Å². The standard InChI is InChI=1S/C14H15N3S/c1-10-17-13(9-18-10)8-15-7-11-2-3-12-4-5-16-14(12)6-11/h2-6,9,15-16H,7-8H2,1H3. The molecule has 0 radical (unpaired) electrons. The molecule has 2 aromatic heterocycles.